The lowest BCUT2D eigenvalue weighted by atomic mass is 10.0. The van der Waals surface area contributed by atoms with Gasteiger partial charge in [0.05, 0.1) is 54.3 Å². The van der Waals surface area contributed by atoms with Crippen LogP contribution < -0.4 is 15.4 Å². The molecule has 11 nitrogen and oxygen atoms in total. The van der Waals surface area contributed by atoms with Crippen molar-refractivity contribution in [1.82, 2.24) is 4.90 Å². The van der Waals surface area contributed by atoms with Crippen molar-refractivity contribution in [2.45, 2.75) is 25.0 Å². The Morgan fingerprint density at radius 2 is 1.70 bits per heavy atom. The molecule has 3 heterocycles. The predicted molar refractivity (Wildman–Crippen MR) is 147 cm³/mol. The molecule has 3 aromatic rings. The molecule has 40 heavy (non-hydrogen) atoms. The third-order valence-electron chi connectivity index (χ3n) is 7.62. The number of rotatable bonds is 5. The molecule has 6 rings (SSSR count). The number of nitrogens with one attached hydrogen (secondary N) is 2. The molecule has 0 atom stereocenters. The molecule has 3 aliphatic rings. The molecule has 0 aliphatic carbocycles. The summed E-state index contributed by atoms with van der Waals surface area (Å²) in [5.41, 5.74) is 4.44. The fourth-order valence-corrected chi connectivity index (χ4v) is 5.45. The number of methoxy groups -OCH3 is 1. The second kappa shape index (κ2) is 10.2. The number of hydrogen-bond donors (Lipinski definition) is 2. The van der Waals surface area contributed by atoms with Crippen LogP contribution in [-0.2, 0) is 20.7 Å². The minimum absolute atomic E-state index is 0.0280. The maximum atomic E-state index is 13.1. The average molecular weight is 545 g/mol. The van der Waals surface area contributed by atoms with Crippen LogP contribution >= 0.6 is 0 Å². The van der Waals surface area contributed by atoms with E-state index in [0.29, 0.717) is 67.3 Å². The number of carbonyl (C=O) groups excluding carboxylic acids is 2. The van der Waals surface area contributed by atoms with Crippen LogP contribution in [0.25, 0.3) is 11.1 Å². The minimum Gasteiger partial charge on any atom is -0.490 e. The van der Waals surface area contributed by atoms with E-state index in [0.717, 1.165) is 11.1 Å². The van der Waals surface area contributed by atoms with E-state index in [9.17, 15) is 19.7 Å². The molecule has 2 saturated heterocycles. The van der Waals surface area contributed by atoms with Crippen LogP contribution in [0.15, 0.2) is 54.6 Å². The van der Waals surface area contributed by atoms with Gasteiger partial charge in [0.15, 0.2) is 11.5 Å². The standard InChI is InChI=1S/C29H28N4O7/c1-38-26-17-20(4-7-25(26)33(36)37)19-3-5-21-23(16-19)30-24-14-18(2-6-22(24)31-28(21)35)15-27(34)32-10-8-29(9-11-32)39-12-13-40-29/h2-7,14,16-17,30H,8-13,15H2,1H3,(H,31,35). The van der Waals surface area contributed by atoms with Gasteiger partial charge in [-0.3, -0.25) is 19.7 Å². The summed E-state index contributed by atoms with van der Waals surface area (Å²) in [6.45, 7) is 2.36. The molecular formula is C29H28N4O7. The SMILES string of the molecule is COc1cc(-c2ccc3c(c2)Nc2cc(CC(=O)N4CCC5(CC4)OCCO5)ccc2NC3=O)ccc1[N+](=O)[O-]. The first kappa shape index (κ1) is 25.8. The number of nitro groups is 1. The molecule has 3 aromatic carbocycles. The fraction of sp³-hybridized carbons (Fsp3) is 0.310. The summed E-state index contributed by atoms with van der Waals surface area (Å²) in [6, 6.07) is 15.5. The number of nitro benzene ring substituents is 1. The van der Waals surface area contributed by atoms with Crippen molar-refractivity contribution in [1.29, 1.82) is 0 Å². The van der Waals surface area contributed by atoms with Gasteiger partial charge in [-0.05, 0) is 53.1 Å². The highest BCUT2D eigenvalue weighted by Crippen LogP contribution is 2.38. The maximum absolute atomic E-state index is 13.1. The van der Waals surface area contributed by atoms with Crippen LogP contribution in [0.2, 0.25) is 0 Å². The Morgan fingerprint density at radius 3 is 2.42 bits per heavy atom. The summed E-state index contributed by atoms with van der Waals surface area (Å²) in [7, 11) is 1.38. The summed E-state index contributed by atoms with van der Waals surface area (Å²) in [4.78, 5) is 38.7. The van der Waals surface area contributed by atoms with Gasteiger partial charge in [-0.2, -0.15) is 0 Å². The van der Waals surface area contributed by atoms with E-state index >= 15 is 0 Å². The van der Waals surface area contributed by atoms with Crippen LogP contribution in [0.5, 0.6) is 5.75 Å². The molecule has 206 valence electrons. The zero-order valence-electron chi connectivity index (χ0n) is 21.9. The second-order valence-corrected chi connectivity index (χ2v) is 10.0. The summed E-state index contributed by atoms with van der Waals surface area (Å²) in [6.07, 6.45) is 1.56. The van der Waals surface area contributed by atoms with Gasteiger partial charge in [0.1, 0.15) is 0 Å². The first-order valence-electron chi connectivity index (χ1n) is 13.1. The Morgan fingerprint density at radius 1 is 0.975 bits per heavy atom. The molecule has 0 bridgehead atoms. The van der Waals surface area contributed by atoms with Crippen LogP contribution in [0.4, 0.5) is 22.7 Å². The quantitative estimate of drug-likeness (QED) is 0.355. The van der Waals surface area contributed by atoms with Gasteiger partial charge in [-0.15, -0.1) is 0 Å². The van der Waals surface area contributed by atoms with E-state index < -0.39 is 10.7 Å². The second-order valence-electron chi connectivity index (χ2n) is 10.0. The van der Waals surface area contributed by atoms with Crippen LogP contribution in [-0.4, -0.2) is 60.8 Å². The molecule has 3 aliphatic heterocycles. The van der Waals surface area contributed by atoms with Gasteiger partial charge >= 0.3 is 5.69 Å². The predicted octanol–water partition coefficient (Wildman–Crippen LogP) is 4.49. The van der Waals surface area contributed by atoms with Crippen LogP contribution in [0.1, 0.15) is 28.8 Å². The summed E-state index contributed by atoms with van der Waals surface area (Å²) in [5, 5.41) is 17.6. The fourth-order valence-electron chi connectivity index (χ4n) is 5.45. The Labute approximate surface area is 230 Å². The molecule has 2 amide bonds. The number of carbonyl (C=O) groups is 2. The van der Waals surface area contributed by atoms with Crippen molar-refractivity contribution in [2.24, 2.45) is 0 Å². The van der Waals surface area contributed by atoms with E-state index in [1.54, 1.807) is 30.3 Å². The molecular weight excluding hydrogens is 516 g/mol. The van der Waals surface area contributed by atoms with E-state index in [4.69, 9.17) is 14.2 Å². The molecule has 2 N–H and O–H groups in total. The van der Waals surface area contributed by atoms with Crippen molar-refractivity contribution in [2.75, 3.05) is 44.0 Å². The van der Waals surface area contributed by atoms with Crippen molar-refractivity contribution >= 4 is 34.6 Å². The number of benzene rings is 3. The summed E-state index contributed by atoms with van der Waals surface area (Å²) < 4.78 is 16.7. The lowest BCUT2D eigenvalue weighted by Gasteiger charge is -2.37. The Balaban J connectivity index is 1.22. The molecule has 1 spiro atoms. The lowest BCUT2D eigenvalue weighted by Crippen LogP contribution is -2.47. The molecule has 0 unspecified atom stereocenters. The average Bonchev–Trinajstić information content (AvgIpc) is 3.36. The molecule has 11 heteroatoms. The highest BCUT2D eigenvalue weighted by atomic mass is 16.7. The van der Waals surface area contributed by atoms with Gasteiger partial charge in [0.25, 0.3) is 5.91 Å². The number of piperidine rings is 1. The summed E-state index contributed by atoms with van der Waals surface area (Å²) >= 11 is 0. The third kappa shape index (κ3) is 4.85. The van der Waals surface area contributed by atoms with Gasteiger partial charge in [-0.25, -0.2) is 0 Å². The molecule has 0 aromatic heterocycles. The monoisotopic (exact) mass is 544 g/mol. The van der Waals surface area contributed by atoms with E-state index in [-0.39, 0.29) is 29.7 Å². The maximum Gasteiger partial charge on any atom is 0.310 e. The number of anilines is 3. The number of hydrogen-bond acceptors (Lipinski definition) is 8. The van der Waals surface area contributed by atoms with Gasteiger partial charge in [-0.1, -0.05) is 12.1 Å². The molecule has 2 fully saturated rings. The number of likely N-dealkylation sites (tertiary alicyclic amines) is 1. The van der Waals surface area contributed by atoms with Crippen LogP contribution in [0.3, 0.4) is 0 Å². The first-order chi connectivity index (χ1) is 19.3. The molecule has 0 radical (unpaired) electrons. The van der Waals surface area contributed by atoms with E-state index in [2.05, 4.69) is 10.6 Å². The first-order valence-corrected chi connectivity index (χ1v) is 13.1. The van der Waals surface area contributed by atoms with Crippen molar-refractivity contribution in [3.8, 4) is 16.9 Å². The Kier molecular flexibility index (Phi) is 6.60. The topological polar surface area (TPSA) is 132 Å². The van der Waals surface area contributed by atoms with Gasteiger partial charge in [0.2, 0.25) is 5.91 Å². The highest BCUT2D eigenvalue weighted by Gasteiger charge is 2.40. The Bertz CT molecular complexity index is 1510. The zero-order valence-corrected chi connectivity index (χ0v) is 21.9. The number of ether oxygens (including phenoxy) is 3. The third-order valence-corrected chi connectivity index (χ3v) is 7.62. The lowest BCUT2D eigenvalue weighted by molar-refractivity contribution is -0.385. The normalized spacial score (nSPS) is 17.3. The van der Waals surface area contributed by atoms with E-state index in [1.165, 1.54) is 13.2 Å². The van der Waals surface area contributed by atoms with Crippen molar-refractivity contribution in [3.63, 3.8) is 0 Å². The van der Waals surface area contributed by atoms with Crippen molar-refractivity contribution in [3.05, 3.63) is 75.8 Å². The largest absolute Gasteiger partial charge is 0.490 e. The van der Waals surface area contributed by atoms with Gasteiger partial charge < -0.3 is 29.7 Å². The number of amides is 2. The van der Waals surface area contributed by atoms with E-state index in [1.807, 2.05) is 23.1 Å². The Hall–Kier alpha value is -4.48. The highest BCUT2D eigenvalue weighted by molar-refractivity contribution is 6.12. The summed E-state index contributed by atoms with van der Waals surface area (Å²) in [5.74, 6) is -0.624. The number of nitrogens with zero attached hydrogens (tertiary/aromatic N) is 2. The number of fused-ring (bicyclic) bond motifs is 2. The minimum atomic E-state index is -0.533. The smallest absolute Gasteiger partial charge is 0.310 e. The zero-order chi connectivity index (χ0) is 27.9. The molecule has 0 saturated carbocycles. The van der Waals surface area contributed by atoms with Gasteiger partial charge in [0, 0.05) is 32.0 Å². The van der Waals surface area contributed by atoms with Crippen molar-refractivity contribution < 1.29 is 28.7 Å². The van der Waals surface area contributed by atoms with Crippen LogP contribution in [0, 0.1) is 10.1 Å².